The Morgan fingerprint density at radius 2 is 1.84 bits per heavy atom. The fourth-order valence-electron chi connectivity index (χ4n) is 2.20. The van der Waals surface area contributed by atoms with Crippen molar-refractivity contribution in [2.45, 2.75) is 34.2 Å². The Morgan fingerprint density at radius 1 is 1.11 bits per heavy atom. The highest BCUT2D eigenvalue weighted by Crippen LogP contribution is 2.19. The lowest BCUT2D eigenvalue weighted by atomic mass is 10.2. The topological polar surface area (TPSA) is 41.9 Å². The first-order chi connectivity index (χ1) is 8.97. The van der Waals surface area contributed by atoms with Crippen LogP contribution in [0.1, 0.15) is 28.1 Å². The molecule has 2 aromatic rings. The molecule has 0 unspecified atom stereocenters. The average molecular weight is 256 g/mol. The van der Waals surface area contributed by atoms with Gasteiger partial charge in [0.15, 0.2) is 5.82 Å². The molecular weight excluding hydrogens is 236 g/mol. The average Bonchev–Trinajstić information content (AvgIpc) is 2.31. The van der Waals surface area contributed by atoms with Gasteiger partial charge in [-0.25, -0.2) is 0 Å². The van der Waals surface area contributed by atoms with Crippen LogP contribution in [0.5, 0.6) is 0 Å². The Kier molecular flexibility index (Phi) is 3.79. The quantitative estimate of drug-likeness (QED) is 0.846. The van der Waals surface area contributed by atoms with Gasteiger partial charge in [0.25, 0.3) is 0 Å². The van der Waals surface area contributed by atoms with E-state index in [1.807, 2.05) is 14.0 Å². The van der Waals surface area contributed by atoms with Crippen molar-refractivity contribution in [3.8, 4) is 0 Å². The maximum absolute atomic E-state index is 4.56. The minimum atomic E-state index is 0.738. The van der Waals surface area contributed by atoms with Gasteiger partial charge >= 0.3 is 0 Å². The summed E-state index contributed by atoms with van der Waals surface area (Å²) in [5, 5.41) is 8.26. The van der Waals surface area contributed by atoms with Crippen molar-refractivity contribution < 1.29 is 0 Å². The van der Waals surface area contributed by atoms with Gasteiger partial charge in [-0.15, -0.1) is 5.10 Å². The molecule has 4 nitrogen and oxygen atoms in total. The van der Waals surface area contributed by atoms with E-state index in [0.29, 0.717) is 0 Å². The number of rotatable bonds is 3. The van der Waals surface area contributed by atoms with Gasteiger partial charge in [0.2, 0.25) is 0 Å². The van der Waals surface area contributed by atoms with Crippen molar-refractivity contribution in [1.29, 1.82) is 0 Å². The van der Waals surface area contributed by atoms with Crippen LogP contribution in [0.15, 0.2) is 18.3 Å². The molecule has 0 N–H and O–H groups in total. The molecule has 100 valence electrons. The maximum Gasteiger partial charge on any atom is 0.154 e. The second-order valence-electron chi connectivity index (χ2n) is 5.11. The SMILES string of the molecule is Cc1cc(C)nc(CN(C)c2nncc(C)c2C)c1. The Labute approximate surface area is 114 Å². The Balaban J connectivity index is 2.25. The molecule has 4 heteroatoms. The summed E-state index contributed by atoms with van der Waals surface area (Å²) < 4.78 is 0. The van der Waals surface area contributed by atoms with E-state index in [4.69, 9.17) is 0 Å². The van der Waals surface area contributed by atoms with E-state index in [2.05, 4.69) is 53.0 Å². The highest BCUT2D eigenvalue weighted by atomic mass is 15.2. The van der Waals surface area contributed by atoms with E-state index in [0.717, 1.165) is 29.3 Å². The van der Waals surface area contributed by atoms with Gasteiger partial charge in [-0.05, 0) is 56.5 Å². The first-order valence-electron chi connectivity index (χ1n) is 6.41. The molecule has 0 aromatic carbocycles. The number of aryl methyl sites for hydroxylation is 3. The summed E-state index contributed by atoms with van der Waals surface area (Å²) in [6.45, 7) is 8.98. The molecule has 0 atom stereocenters. The summed E-state index contributed by atoms with van der Waals surface area (Å²) >= 11 is 0. The number of nitrogens with zero attached hydrogens (tertiary/aromatic N) is 4. The predicted octanol–water partition coefficient (Wildman–Crippen LogP) is 2.74. The number of anilines is 1. The van der Waals surface area contributed by atoms with Crippen LogP contribution < -0.4 is 4.90 Å². The first-order valence-corrected chi connectivity index (χ1v) is 6.41. The molecular formula is C15H20N4. The number of aromatic nitrogens is 3. The van der Waals surface area contributed by atoms with Gasteiger partial charge in [-0.2, -0.15) is 5.10 Å². The molecule has 0 spiro atoms. The zero-order chi connectivity index (χ0) is 14.0. The van der Waals surface area contributed by atoms with Crippen molar-refractivity contribution in [3.05, 3.63) is 46.4 Å². The van der Waals surface area contributed by atoms with Crippen molar-refractivity contribution in [2.24, 2.45) is 0 Å². The van der Waals surface area contributed by atoms with Crippen molar-refractivity contribution in [3.63, 3.8) is 0 Å². The smallest absolute Gasteiger partial charge is 0.154 e. The Hall–Kier alpha value is -1.97. The lowest BCUT2D eigenvalue weighted by Crippen LogP contribution is -2.20. The van der Waals surface area contributed by atoms with Crippen LogP contribution in [-0.2, 0) is 6.54 Å². The van der Waals surface area contributed by atoms with Crippen LogP contribution in [0.25, 0.3) is 0 Å². The molecule has 0 radical (unpaired) electrons. The molecule has 0 aliphatic rings. The molecule has 0 bridgehead atoms. The molecule has 19 heavy (non-hydrogen) atoms. The molecule has 0 amide bonds. The third-order valence-electron chi connectivity index (χ3n) is 3.24. The van der Waals surface area contributed by atoms with Crippen LogP contribution in [0, 0.1) is 27.7 Å². The van der Waals surface area contributed by atoms with E-state index in [9.17, 15) is 0 Å². The summed E-state index contributed by atoms with van der Waals surface area (Å²) in [5.74, 6) is 0.918. The Morgan fingerprint density at radius 3 is 2.53 bits per heavy atom. The molecule has 0 aliphatic carbocycles. The monoisotopic (exact) mass is 256 g/mol. The zero-order valence-corrected chi connectivity index (χ0v) is 12.2. The van der Waals surface area contributed by atoms with Crippen LogP contribution in [0.4, 0.5) is 5.82 Å². The maximum atomic E-state index is 4.56. The van der Waals surface area contributed by atoms with Crippen LogP contribution in [-0.4, -0.2) is 22.2 Å². The van der Waals surface area contributed by atoms with Gasteiger partial charge in [-0.1, -0.05) is 0 Å². The Bertz CT molecular complexity index is 572. The largest absolute Gasteiger partial charge is 0.352 e. The summed E-state index contributed by atoms with van der Waals surface area (Å²) in [4.78, 5) is 6.66. The second-order valence-corrected chi connectivity index (χ2v) is 5.11. The zero-order valence-electron chi connectivity index (χ0n) is 12.2. The van der Waals surface area contributed by atoms with Crippen LogP contribution >= 0.6 is 0 Å². The third-order valence-corrected chi connectivity index (χ3v) is 3.24. The van der Waals surface area contributed by atoms with E-state index < -0.39 is 0 Å². The normalized spacial score (nSPS) is 10.6. The van der Waals surface area contributed by atoms with E-state index >= 15 is 0 Å². The van der Waals surface area contributed by atoms with Gasteiger partial charge < -0.3 is 4.90 Å². The fraction of sp³-hybridized carbons (Fsp3) is 0.400. The van der Waals surface area contributed by atoms with E-state index in [1.165, 1.54) is 11.1 Å². The van der Waals surface area contributed by atoms with Crippen molar-refractivity contribution in [1.82, 2.24) is 15.2 Å². The second kappa shape index (κ2) is 5.34. The molecule has 2 heterocycles. The third kappa shape index (κ3) is 3.08. The van der Waals surface area contributed by atoms with Crippen LogP contribution in [0.3, 0.4) is 0 Å². The van der Waals surface area contributed by atoms with E-state index in [1.54, 1.807) is 6.20 Å². The van der Waals surface area contributed by atoms with E-state index in [-0.39, 0.29) is 0 Å². The number of pyridine rings is 1. The summed E-state index contributed by atoms with van der Waals surface area (Å²) in [7, 11) is 2.02. The minimum absolute atomic E-state index is 0.738. The van der Waals surface area contributed by atoms with Crippen LogP contribution in [0.2, 0.25) is 0 Å². The first kappa shape index (κ1) is 13.5. The summed E-state index contributed by atoms with van der Waals surface area (Å²) in [6, 6.07) is 4.20. The summed E-state index contributed by atoms with van der Waals surface area (Å²) in [6.07, 6.45) is 1.79. The molecule has 2 rings (SSSR count). The molecule has 0 aliphatic heterocycles. The van der Waals surface area contributed by atoms with Gasteiger partial charge in [0.05, 0.1) is 18.4 Å². The summed E-state index contributed by atoms with van der Waals surface area (Å²) in [5.41, 5.74) is 5.67. The number of hydrogen-bond donors (Lipinski definition) is 0. The molecule has 0 saturated carbocycles. The lowest BCUT2D eigenvalue weighted by molar-refractivity contribution is 0.826. The van der Waals surface area contributed by atoms with Gasteiger partial charge in [0.1, 0.15) is 0 Å². The van der Waals surface area contributed by atoms with Crippen molar-refractivity contribution in [2.75, 3.05) is 11.9 Å². The molecule has 0 saturated heterocycles. The molecule has 0 fully saturated rings. The van der Waals surface area contributed by atoms with Gasteiger partial charge in [0, 0.05) is 12.7 Å². The lowest BCUT2D eigenvalue weighted by Gasteiger charge is -2.20. The fourth-order valence-corrected chi connectivity index (χ4v) is 2.20. The highest BCUT2D eigenvalue weighted by molar-refractivity contribution is 5.47. The predicted molar refractivity (Wildman–Crippen MR) is 77.3 cm³/mol. The standard InChI is InChI=1S/C15H20N4/c1-10-6-12(3)17-14(7-10)9-19(5)15-13(4)11(2)8-16-18-15/h6-8H,9H2,1-5H3. The van der Waals surface area contributed by atoms with Gasteiger partial charge in [-0.3, -0.25) is 4.98 Å². The minimum Gasteiger partial charge on any atom is -0.352 e. The number of hydrogen-bond acceptors (Lipinski definition) is 4. The highest BCUT2D eigenvalue weighted by Gasteiger charge is 2.10. The van der Waals surface area contributed by atoms with Crippen molar-refractivity contribution >= 4 is 5.82 Å². The molecule has 2 aromatic heterocycles.